The topological polar surface area (TPSA) is 136 Å². The number of nitro benzene ring substituents is 1. The van der Waals surface area contributed by atoms with E-state index in [0.29, 0.717) is 28.2 Å². The van der Waals surface area contributed by atoms with Gasteiger partial charge in [0.2, 0.25) is 0 Å². The fraction of sp³-hybridized carbons (Fsp3) is 0.278. The first-order chi connectivity index (χ1) is 13.2. The van der Waals surface area contributed by atoms with Gasteiger partial charge >= 0.3 is 5.97 Å². The van der Waals surface area contributed by atoms with Crippen LogP contribution in [0.3, 0.4) is 0 Å². The summed E-state index contributed by atoms with van der Waals surface area (Å²) in [5.41, 5.74) is 8.20. The van der Waals surface area contributed by atoms with E-state index in [1.165, 1.54) is 12.1 Å². The monoisotopic (exact) mass is 401 g/mol. The van der Waals surface area contributed by atoms with Crippen LogP contribution in [0.1, 0.15) is 37.8 Å². The van der Waals surface area contributed by atoms with Crippen molar-refractivity contribution in [1.82, 2.24) is 9.97 Å². The molecule has 146 valence electrons. The van der Waals surface area contributed by atoms with Gasteiger partial charge in [-0.25, -0.2) is 9.78 Å². The van der Waals surface area contributed by atoms with E-state index in [1.54, 1.807) is 32.9 Å². The Labute approximate surface area is 165 Å². The predicted octanol–water partition coefficient (Wildman–Crippen LogP) is 3.41. The Morgan fingerprint density at radius 3 is 2.57 bits per heavy atom. The highest BCUT2D eigenvalue weighted by molar-refractivity contribution is 7.71. The van der Waals surface area contributed by atoms with Gasteiger partial charge in [-0.15, -0.1) is 0 Å². The maximum Gasteiger partial charge on any atom is 0.337 e. The Morgan fingerprint density at radius 1 is 1.36 bits per heavy atom. The van der Waals surface area contributed by atoms with Gasteiger partial charge in [-0.2, -0.15) is 0 Å². The number of aromatic amines is 1. The lowest BCUT2D eigenvalue weighted by atomic mass is 9.82. The molecule has 2 heterocycles. The van der Waals surface area contributed by atoms with Gasteiger partial charge in [0, 0.05) is 23.4 Å². The smallest absolute Gasteiger partial charge is 0.337 e. The Kier molecular flexibility index (Phi) is 5.14. The number of anilines is 2. The zero-order valence-corrected chi connectivity index (χ0v) is 16.3. The maximum atomic E-state index is 12.8. The Morgan fingerprint density at radius 2 is 2.00 bits per heavy atom. The molecule has 2 aromatic rings. The molecule has 0 fully saturated rings. The fourth-order valence-corrected chi connectivity index (χ4v) is 3.36. The summed E-state index contributed by atoms with van der Waals surface area (Å²) in [6, 6.07) is 5.95. The first-order valence-corrected chi connectivity index (χ1v) is 8.92. The van der Waals surface area contributed by atoms with Gasteiger partial charge < -0.3 is 20.8 Å². The first kappa shape index (κ1) is 19.5. The number of carbonyl (C=O) groups is 1. The normalized spacial score (nSPS) is 15.8. The highest BCUT2D eigenvalue weighted by atomic mass is 32.1. The number of nitro groups is 1. The third-order valence-corrected chi connectivity index (χ3v) is 4.48. The minimum Gasteiger partial charge on any atom is -0.460 e. The Hall–Kier alpha value is -3.27. The molecule has 3 rings (SSSR count). The molecule has 0 amide bonds. The van der Waals surface area contributed by atoms with Crippen molar-refractivity contribution in [3.05, 3.63) is 61.5 Å². The van der Waals surface area contributed by atoms with Gasteiger partial charge in [-0.1, -0.05) is 12.1 Å². The van der Waals surface area contributed by atoms with E-state index in [9.17, 15) is 14.9 Å². The average molecular weight is 401 g/mol. The number of nitrogens with one attached hydrogen (secondary N) is 2. The molecule has 0 radical (unpaired) electrons. The second-order valence-electron chi connectivity index (χ2n) is 6.62. The minimum absolute atomic E-state index is 0.0523. The fourth-order valence-electron chi connectivity index (χ4n) is 3.16. The van der Waals surface area contributed by atoms with Gasteiger partial charge in [0.15, 0.2) is 4.77 Å². The molecule has 1 unspecified atom stereocenters. The molecular formula is C18H19N5O4S. The second-order valence-corrected chi connectivity index (χ2v) is 7.00. The Bertz CT molecular complexity index is 1040. The van der Waals surface area contributed by atoms with Crippen LogP contribution in [0.4, 0.5) is 17.3 Å². The number of ether oxygens (including phenoxy) is 1. The van der Waals surface area contributed by atoms with Gasteiger partial charge in [0.05, 0.1) is 22.5 Å². The molecule has 10 heteroatoms. The van der Waals surface area contributed by atoms with Gasteiger partial charge in [0.25, 0.3) is 5.69 Å². The maximum absolute atomic E-state index is 12.8. The molecule has 0 bridgehead atoms. The molecule has 0 saturated heterocycles. The van der Waals surface area contributed by atoms with Crippen LogP contribution in [0, 0.1) is 14.9 Å². The van der Waals surface area contributed by atoms with Crippen LogP contribution >= 0.6 is 12.2 Å². The largest absolute Gasteiger partial charge is 0.460 e. The van der Waals surface area contributed by atoms with E-state index >= 15 is 0 Å². The van der Waals surface area contributed by atoms with Crippen LogP contribution in [-0.4, -0.2) is 27.0 Å². The number of allylic oxidation sites excluding steroid dienone is 1. The molecule has 0 spiro atoms. The minimum atomic E-state index is -0.623. The molecule has 1 aromatic carbocycles. The highest BCUT2D eigenvalue weighted by Crippen LogP contribution is 2.43. The molecular weight excluding hydrogens is 382 g/mol. The zero-order chi connectivity index (χ0) is 20.6. The third kappa shape index (κ3) is 3.58. The number of fused-ring (bicyclic) bond motifs is 1. The number of nitrogen functional groups attached to an aromatic ring is 1. The van der Waals surface area contributed by atoms with E-state index in [4.69, 9.17) is 22.7 Å². The van der Waals surface area contributed by atoms with Gasteiger partial charge in [0.1, 0.15) is 11.6 Å². The summed E-state index contributed by atoms with van der Waals surface area (Å²) in [6.45, 7) is 5.24. The third-order valence-electron chi connectivity index (χ3n) is 4.29. The van der Waals surface area contributed by atoms with Gasteiger partial charge in [-0.05, 0) is 38.6 Å². The summed E-state index contributed by atoms with van der Waals surface area (Å²) < 4.78 is 5.62. The van der Waals surface area contributed by atoms with Crippen molar-refractivity contribution in [1.29, 1.82) is 0 Å². The molecule has 1 aliphatic rings. The van der Waals surface area contributed by atoms with E-state index in [0.717, 1.165) is 0 Å². The molecule has 28 heavy (non-hydrogen) atoms. The molecule has 9 nitrogen and oxygen atoms in total. The molecule has 0 saturated carbocycles. The number of carbonyl (C=O) groups excluding carboxylic acids is 1. The van der Waals surface area contributed by atoms with E-state index < -0.39 is 16.8 Å². The molecule has 0 aliphatic carbocycles. The number of benzene rings is 1. The molecule has 1 aromatic heterocycles. The number of aromatic nitrogens is 2. The number of hydrogen-bond donors (Lipinski definition) is 3. The summed E-state index contributed by atoms with van der Waals surface area (Å²) in [5, 5.41) is 14.1. The summed E-state index contributed by atoms with van der Waals surface area (Å²) >= 11 is 5.09. The van der Waals surface area contributed by atoms with Crippen molar-refractivity contribution >= 4 is 35.5 Å². The van der Waals surface area contributed by atoms with Crippen LogP contribution in [0.2, 0.25) is 0 Å². The summed E-state index contributed by atoms with van der Waals surface area (Å²) in [7, 11) is 0. The van der Waals surface area contributed by atoms with E-state index in [2.05, 4.69) is 15.3 Å². The number of hydrogen-bond acceptors (Lipinski definition) is 8. The quantitative estimate of drug-likeness (QED) is 0.307. The van der Waals surface area contributed by atoms with E-state index in [1.807, 2.05) is 0 Å². The van der Waals surface area contributed by atoms with Crippen LogP contribution in [-0.2, 0) is 9.53 Å². The number of H-pyrrole nitrogens is 1. The summed E-state index contributed by atoms with van der Waals surface area (Å²) in [4.78, 5) is 30.4. The highest BCUT2D eigenvalue weighted by Gasteiger charge is 2.36. The van der Waals surface area contributed by atoms with Crippen molar-refractivity contribution < 1.29 is 14.5 Å². The van der Waals surface area contributed by atoms with Gasteiger partial charge in [-0.3, -0.25) is 10.1 Å². The van der Waals surface area contributed by atoms with Crippen LogP contribution in [0.5, 0.6) is 0 Å². The van der Waals surface area contributed by atoms with Crippen LogP contribution in [0.15, 0.2) is 35.5 Å². The van der Waals surface area contributed by atoms with E-state index in [-0.39, 0.29) is 22.4 Å². The van der Waals surface area contributed by atoms with Crippen LogP contribution < -0.4 is 11.1 Å². The number of esters is 1. The Balaban J connectivity index is 2.22. The molecule has 1 aliphatic heterocycles. The van der Waals surface area contributed by atoms with Crippen molar-refractivity contribution in [3.63, 3.8) is 0 Å². The average Bonchev–Trinajstić information content (AvgIpc) is 2.59. The second kappa shape index (κ2) is 7.39. The predicted molar refractivity (Wildman–Crippen MR) is 106 cm³/mol. The zero-order valence-electron chi connectivity index (χ0n) is 15.5. The van der Waals surface area contributed by atoms with Crippen LogP contribution in [0.25, 0.3) is 0 Å². The van der Waals surface area contributed by atoms with Crippen molar-refractivity contribution in [2.45, 2.75) is 32.8 Å². The molecule has 1 atom stereocenters. The number of nitrogens with zero attached hydrogens (tertiary/aromatic N) is 2. The lowest BCUT2D eigenvalue weighted by Crippen LogP contribution is -2.27. The number of non-ortho nitro benzene ring substituents is 1. The van der Waals surface area contributed by atoms with Crippen molar-refractivity contribution in [2.24, 2.45) is 0 Å². The van der Waals surface area contributed by atoms with Crippen molar-refractivity contribution in [3.8, 4) is 0 Å². The number of rotatable bonds is 4. The van der Waals surface area contributed by atoms with Crippen molar-refractivity contribution in [2.75, 3.05) is 11.1 Å². The molecule has 4 N–H and O–H groups in total. The summed E-state index contributed by atoms with van der Waals surface area (Å²) in [6.07, 6.45) is -0.316. The SMILES string of the molecule is CC1=C(C(=O)OC(C)C)C(c2ccc([N+](=O)[O-])cc2)c2c(nc(=S)[nH]c2N)N1. The lowest BCUT2D eigenvalue weighted by molar-refractivity contribution is -0.384. The lowest BCUT2D eigenvalue weighted by Gasteiger charge is -2.30. The first-order valence-electron chi connectivity index (χ1n) is 8.51. The standard InChI is InChI=1S/C18H19N5O4S/c1-8(2)27-17(24)12-9(3)20-16-14(15(19)21-18(28)22-16)13(12)10-4-6-11(7-5-10)23(25)26/h4-8,13H,1-3H3,(H4,19,20,21,22,28). The number of nitrogens with two attached hydrogens (primary N) is 1. The summed E-state index contributed by atoms with van der Waals surface area (Å²) in [5.74, 6) is -0.435.